The van der Waals surface area contributed by atoms with Crippen LogP contribution in [-0.2, 0) is 6.54 Å². The molecule has 0 radical (unpaired) electrons. The number of likely N-dealkylation sites (N-methyl/N-ethyl adjacent to an activating group) is 1. The molecular weight excluding hydrogens is 212 g/mol. The van der Waals surface area contributed by atoms with Gasteiger partial charge in [-0.1, -0.05) is 19.1 Å². The van der Waals surface area contributed by atoms with Crippen molar-refractivity contribution in [1.82, 2.24) is 9.80 Å². The van der Waals surface area contributed by atoms with E-state index in [4.69, 9.17) is 4.74 Å². The van der Waals surface area contributed by atoms with Crippen LogP contribution in [0.1, 0.15) is 12.5 Å². The van der Waals surface area contributed by atoms with Crippen LogP contribution in [0.25, 0.3) is 0 Å². The molecule has 0 atom stereocenters. The van der Waals surface area contributed by atoms with Crippen LogP contribution in [0, 0.1) is 0 Å². The minimum absolute atomic E-state index is 0.953. The fraction of sp³-hybridized carbons (Fsp3) is 0.571. The fourth-order valence-electron chi connectivity index (χ4n) is 2.29. The molecule has 0 aromatic heterocycles. The Morgan fingerprint density at radius 1 is 1.12 bits per heavy atom. The normalized spacial score (nSPS) is 18.2. The molecule has 1 aromatic rings. The first-order chi connectivity index (χ1) is 8.31. The molecule has 3 heteroatoms. The predicted molar refractivity (Wildman–Crippen MR) is 70.4 cm³/mol. The number of piperazine rings is 1. The second kappa shape index (κ2) is 6.03. The number of hydrogen-bond donors (Lipinski definition) is 0. The minimum atomic E-state index is 0.953. The summed E-state index contributed by atoms with van der Waals surface area (Å²) in [4.78, 5) is 5.02. The number of methoxy groups -OCH3 is 1. The van der Waals surface area contributed by atoms with Crippen molar-refractivity contribution >= 4 is 0 Å². The molecule has 1 aliphatic heterocycles. The maximum absolute atomic E-state index is 5.25. The Kier molecular flexibility index (Phi) is 4.40. The molecule has 1 aliphatic rings. The van der Waals surface area contributed by atoms with Crippen molar-refractivity contribution in [3.05, 3.63) is 29.8 Å². The van der Waals surface area contributed by atoms with E-state index in [1.807, 2.05) is 6.07 Å². The number of benzene rings is 1. The van der Waals surface area contributed by atoms with Crippen molar-refractivity contribution in [3.63, 3.8) is 0 Å². The van der Waals surface area contributed by atoms with Crippen LogP contribution in [0.2, 0.25) is 0 Å². The molecule has 0 amide bonds. The molecular formula is C14H22N2O. The molecule has 0 spiro atoms. The van der Waals surface area contributed by atoms with Gasteiger partial charge in [0.1, 0.15) is 5.75 Å². The lowest BCUT2D eigenvalue weighted by Crippen LogP contribution is -2.45. The first-order valence-corrected chi connectivity index (χ1v) is 6.39. The van der Waals surface area contributed by atoms with E-state index in [0.29, 0.717) is 0 Å². The summed E-state index contributed by atoms with van der Waals surface area (Å²) < 4.78 is 5.25. The van der Waals surface area contributed by atoms with Gasteiger partial charge in [-0.15, -0.1) is 0 Å². The van der Waals surface area contributed by atoms with E-state index in [1.165, 1.54) is 38.3 Å². The van der Waals surface area contributed by atoms with E-state index in [0.717, 1.165) is 12.3 Å². The Hall–Kier alpha value is -1.06. The summed E-state index contributed by atoms with van der Waals surface area (Å²) in [5.74, 6) is 0.953. The Bertz CT molecular complexity index is 346. The number of hydrogen-bond acceptors (Lipinski definition) is 3. The predicted octanol–water partition coefficient (Wildman–Crippen LogP) is 1.83. The highest BCUT2D eigenvalue weighted by molar-refractivity contribution is 5.28. The molecule has 0 N–H and O–H groups in total. The van der Waals surface area contributed by atoms with E-state index < -0.39 is 0 Å². The van der Waals surface area contributed by atoms with Crippen LogP contribution >= 0.6 is 0 Å². The maximum atomic E-state index is 5.25. The average Bonchev–Trinajstić information content (AvgIpc) is 2.40. The molecule has 0 bridgehead atoms. The van der Waals surface area contributed by atoms with Crippen molar-refractivity contribution in [3.8, 4) is 5.75 Å². The largest absolute Gasteiger partial charge is 0.497 e. The first-order valence-electron chi connectivity index (χ1n) is 6.39. The summed E-state index contributed by atoms with van der Waals surface area (Å²) >= 11 is 0. The highest BCUT2D eigenvalue weighted by Gasteiger charge is 2.15. The van der Waals surface area contributed by atoms with Gasteiger partial charge in [-0.05, 0) is 24.2 Å². The first kappa shape index (κ1) is 12.4. The molecule has 0 aliphatic carbocycles. The van der Waals surface area contributed by atoms with Gasteiger partial charge in [0.15, 0.2) is 0 Å². The van der Waals surface area contributed by atoms with E-state index in [1.54, 1.807) is 7.11 Å². The second-order valence-electron chi connectivity index (χ2n) is 4.56. The highest BCUT2D eigenvalue weighted by atomic mass is 16.5. The molecule has 0 unspecified atom stereocenters. The molecule has 1 fully saturated rings. The molecule has 17 heavy (non-hydrogen) atoms. The van der Waals surface area contributed by atoms with Crippen LogP contribution in [0.4, 0.5) is 0 Å². The van der Waals surface area contributed by atoms with Crippen LogP contribution < -0.4 is 4.74 Å². The van der Waals surface area contributed by atoms with Crippen molar-refractivity contribution in [2.24, 2.45) is 0 Å². The number of rotatable bonds is 4. The number of ether oxygens (including phenoxy) is 1. The quantitative estimate of drug-likeness (QED) is 0.790. The molecule has 2 rings (SSSR count). The van der Waals surface area contributed by atoms with Gasteiger partial charge in [0.2, 0.25) is 0 Å². The molecule has 1 aromatic carbocycles. The summed E-state index contributed by atoms with van der Waals surface area (Å²) in [6, 6.07) is 8.37. The summed E-state index contributed by atoms with van der Waals surface area (Å²) in [6.45, 7) is 9.18. The molecule has 94 valence electrons. The summed E-state index contributed by atoms with van der Waals surface area (Å²) in [5, 5.41) is 0. The standard InChI is InChI=1S/C14H22N2O/c1-3-15-7-9-16(10-8-15)12-13-5-4-6-14(11-13)17-2/h4-6,11H,3,7-10,12H2,1-2H3. The minimum Gasteiger partial charge on any atom is -0.497 e. The molecule has 1 saturated heterocycles. The second-order valence-corrected chi connectivity index (χ2v) is 4.56. The average molecular weight is 234 g/mol. The summed E-state index contributed by atoms with van der Waals surface area (Å²) in [6.07, 6.45) is 0. The van der Waals surface area contributed by atoms with Gasteiger partial charge in [-0.3, -0.25) is 4.90 Å². The van der Waals surface area contributed by atoms with Crippen molar-refractivity contribution in [1.29, 1.82) is 0 Å². The number of nitrogens with zero attached hydrogens (tertiary/aromatic N) is 2. The van der Waals surface area contributed by atoms with Crippen LogP contribution in [0.5, 0.6) is 5.75 Å². The zero-order valence-corrected chi connectivity index (χ0v) is 10.9. The SMILES string of the molecule is CCN1CCN(Cc2cccc(OC)c2)CC1. The topological polar surface area (TPSA) is 15.7 Å². The van der Waals surface area contributed by atoms with Crippen molar-refractivity contribution < 1.29 is 4.74 Å². The van der Waals surface area contributed by atoms with E-state index in [2.05, 4.69) is 34.9 Å². The van der Waals surface area contributed by atoms with Crippen molar-refractivity contribution in [2.45, 2.75) is 13.5 Å². The zero-order valence-electron chi connectivity index (χ0n) is 10.9. The van der Waals surface area contributed by atoms with Gasteiger partial charge in [0.05, 0.1) is 7.11 Å². The third-order valence-corrected chi connectivity index (χ3v) is 3.45. The van der Waals surface area contributed by atoms with Gasteiger partial charge < -0.3 is 9.64 Å². The lowest BCUT2D eigenvalue weighted by molar-refractivity contribution is 0.132. The molecule has 3 nitrogen and oxygen atoms in total. The van der Waals surface area contributed by atoms with Crippen LogP contribution in [-0.4, -0.2) is 49.6 Å². The maximum Gasteiger partial charge on any atom is 0.119 e. The highest BCUT2D eigenvalue weighted by Crippen LogP contribution is 2.15. The Morgan fingerprint density at radius 3 is 2.47 bits per heavy atom. The fourth-order valence-corrected chi connectivity index (χ4v) is 2.29. The zero-order chi connectivity index (χ0) is 12.1. The Labute approximate surface area is 104 Å². The van der Waals surface area contributed by atoms with E-state index in [-0.39, 0.29) is 0 Å². The third-order valence-electron chi connectivity index (χ3n) is 3.45. The molecule has 0 saturated carbocycles. The van der Waals surface area contributed by atoms with E-state index in [9.17, 15) is 0 Å². The van der Waals surface area contributed by atoms with Gasteiger partial charge in [-0.25, -0.2) is 0 Å². The summed E-state index contributed by atoms with van der Waals surface area (Å²) in [7, 11) is 1.72. The lowest BCUT2D eigenvalue weighted by atomic mass is 10.2. The Balaban J connectivity index is 1.88. The van der Waals surface area contributed by atoms with Gasteiger partial charge in [0.25, 0.3) is 0 Å². The Morgan fingerprint density at radius 2 is 1.82 bits per heavy atom. The third kappa shape index (κ3) is 3.45. The molecule has 1 heterocycles. The van der Waals surface area contributed by atoms with Crippen molar-refractivity contribution in [2.75, 3.05) is 39.8 Å². The van der Waals surface area contributed by atoms with Crippen LogP contribution in [0.3, 0.4) is 0 Å². The summed E-state index contributed by atoms with van der Waals surface area (Å²) in [5.41, 5.74) is 1.34. The lowest BCUT2D eigenvalue weighted by Gasteiger charge is -2.34. The van der Waals surface area contributed by atoms with E-state index >= 15 is 0 Å². The monoisotopic (exact) mass is 234 g/mol. The van der Waals surface area contributed by atoms with Gasteiger partial charge in [0, 0.05) is 32.7 Å². The van der Waals surface area contributed by atoms with Gasteiger partial charge >= 0.3 is 0 Å². The van der Waals surface area contributed by atoms with Crippen LogP contribution in [0.15, 0.2) is 24.3 Å². The van der Waals surface area contributed by atoms with Gasteiger partial charge in [-0.2, -0.15) is 0 Å². The smallest absolute Gasteiger partial charge is 0.119 e.